The number of rotatable bonds is 4. The van der Waals surface area contributed by atoms with Gasteiger partial charge in [-0.2, -0.15) is 0 Å². The summed E-state index contributed by atoms with van der Waals surface area (Å²) in [6.45, 7) is 3.71. The number of carbonyl (C=O) groups excluding carboxylic acids is 1. The van der Waals surface area contributed by atoms with E-state index in [1.807, 2.05) is 26.0 Å². The van der Waals surface area contributed by atoms with Crippen molar-refractivity contribution in [2.24, 2.45) is 5.73 Å². The van der Waals surface area contributed by atoms with Crippen molar-refractivity contribution in [3.63, 3.8) is 0 Å². The second kappa shape index (κ2) is 4.43. The van der Waals surface area contributed by atoms with Crippen LogP contribution in [0.3, 0.4) is 0 Å². The summed E-state index contributed by atoms with van der Waals surface area (Å²) in [5.41, 5.74) is 5.33. The van der Waals surface area contributed by atoms with Crippen LogP contribution in [0.15, 0.2) is 12.1 Å². The van der Waals surface area contributed by atoms with E-state index in [0.717, 1.165) is 9.21 Å². The van der Waals surface area contributed by atoms with Crippen LogP contribution in [0.5, 0.6) is 0 Å². The van der Waals surface area contributed by atoms with Crippen LogP contribution in [0.2, 0.25) is 4.34 Å². The number of thiophene rings is 1. The molecule has 2 N–H and O–H groups in total. The van der Waals surface area contributed by atoms with Crippen molar-refractivity contribution in [1.29, 1.82) is 0 Å². The van der Waals surface area contributed by atoms with E-state index in [0.29, 0.717) is 12.8 Å². The molecule has 0 atom stereocenters. The van der Waals surface area contributed by atoms with Gasteiger partial charge in [-0.25, -0.2) is 0 Å². The van der Waals surface area contributed by atoms with Crippen molar-refractivity contribution in [3.8, 4) is 0 Å². The molecule has 0 spiro atoms. The molecule has 78 valence electrons. The first-order valence-corrected chi connectivity index (χ1v) is 5.61. The Bertz CT molecular complexity index is 327. The Labute approximate surface area is 93.1 Å². The fraction of sp³-hybridized carbons (Fsp3) is 0.500. The van der Waals surface area contributed by atoms with Crippen LogP contribution >= 0.6 is 22.9 Å². The van der Waals surface area contributed by atoms with Gasteiger partial charge >= 0.3 is 0 Å². The SMILES string of the molecule is CC(C)(N)CC(=O)Cc1ccc(Cl)s1. The number of hydrogen-bond acceptors (Lipinski definition) is 3. The molecule has 0 aliphatic carbocycles. The molecular weight excluding hydrogens is 218 g/mol. The third-order valence-corrected chi connectivity index (χ3v) is 2.88. The van der Waals surface area contributed by atoms with Gasteiger partial charge in [0, 0.05) is 23.3 Å². The molecule has 0 unspecified atom stereocenters. The quantitative estimate of drug-likeness (QED) is 0.866. The zero-order chi connectivity index (χ0) is 10.8. The molecule has 0 radical (unpaired) electrons. The summed E-state index contributed by atoms with van der Waals surface area (Å²) in [6.07, 6.45) is 0.848. The average molecular weight is 232 g/mol. The Morgan fingerprint density at radius 1 is 1.57 bits per heavy atom. The molecule has 4 heteroatoms. The summed E-state index contributed by atoms with van der Waals surface area (Å²) < 4.78 is 0.722. The van der Waals surface area contributed by atoms with Gasteiger partial charge in [-0.05, 0) is 26.0 Å². The molecule has 0 saturated heterocycles. The first-order valence-electron chi connectivity index (χ1n) is 4.41. The first-order chi connectivity index (χ1) is 6.37. The van der Waals surface area contributed by atoms with Gasteiger partial charge < -0.3 is 5.73 Å². The monoisotopic (exact) mass is 231 g/mol. The molecule has 1 aromatic heterocycles. The van der Waals surface area contributed by atoms with Crippen LogP contribution in [-0.2, 0) is 11.2 Å². The van der Waals surface area contributed by atoms with Crippen molar-refractivity contribution in [3.05, 3.63) is 21.3 Å². The zero-order valence-corrected chi connectivity index (χ0v) is 9.91. The van der Waals surface area contributed by atoms with E-state index in [9.17, 15) is 4.79 Å². The highest BCUT2D eigenvalue weighted by molar-refractivity contribution is 7.16. The van der Waals surface area contributed by atoms with Crippen LogP contribution in [0.4, 0.5) is 0 Å². The number of halogens is 1. The van der Waals surface area contributed by atoms with Crippen LogP contribution in [0, 0.1) is 0 Å². The summed E-state index contributed by atoms with van der Waals surface area (Å²) in [7, 11) is 0. The maximum absolute atomic E-state index is 11.5. The highest BCUT2D eigenvalue weighted by atomic mass is 35.5. The molecule has 0 aromatic carbocycles. The van der Waals surface area contributed by atoms with Crippen LogP contribution in [0.1, 0.15) is 25.1 Å². The zero-order valence-electron chi connectivity index (χ0n) is 8.34. The Morgan fingerprint density at radius 2 is 2.21 bits per heavy atom. The van der Waals surface area contributed by atoms with Crippen LogP contribution in [0.25, 0.3) is 0 Å². The standard InChI is InChI=1S/C10H14ClNOS/c1-10(2,12)6-7(13)5-8-3-4-9(11)14-8/h3-4H,5-6,12H2,1-2H3. The highest BCUT2D eigenvalue weighted by Crippen LogP contribution is 2.22. The number of Topliss-reactive ketones (excluding diaryl/α,β-unsaturated/α-hetero) is 1. The molecule has 0 bridgehead atoms. The predicted octanol–water partition coefficient (Wildman–Crippen LogP) is 2.64. The van der Waals surface area contributed by atoms with E-state index < -0.39 is 5.54 Å². The molecule has 0 fully saturated rings. The van der Waals surface area contributed by atoms with Crippen molar-refractivity contribution in [2.75, 3.05) is 0 Å². The van der Waals surface area contributed by atoms with Crippen molar-refractivity contribution >= 4 is 28.7 Å². The predicted molar refractivity (Wildman–Crippen MR) is 60.9 cm³/mol. The largest absolute Gasteiger partial charge is 0.325 e. The summed E-state index contributed by atoms with van der Waals surface area (Å²) >= 11 is 7.21. The Morgan fingerprint density at radius 3 is 2.64 bits per heavy atom. The molecule has 0 saturated carbocycles. The minimum absolute atomic E-state index is 0.163. The van der Waals surface area contributed by atoms with E-state index in [4.69, 9.17) is 17.3 Å². The first kappa shape index (κ1) is 11.7. The average Bonchev–Trinajstić information content (AvgIpc) is 2.30. The van der Waals surface area contributed by atoms with Gasteiger partial charge in [0.15, 0.2) is 0 Å². The second-order valence-electron chi connectivity index (χ2n) is 4.09. The van der Waals surface area contributed by atoms with Gasteiger partial charge in [0.2, 0.25) is 0 Å². The van der Waals surface area contributed by atoms with Crippen LogP contribution < -0.4 is 5.73 Å². The van der Waals surface area contributed by atoms with Gasteiger partial charge in [-0.1, -0.05) is 11.6 Å². The highest BCUT2D eigenvalue weighted by Gasteiger charge is 2.16. The lowest BCUT2D eigenvalue weighted by molar-refractivity contribution is -0.119. The van der Waals surface area contributed by atoms with E-state index in [1.165, 1.54) is 11.3 Å². The maximum atomic E-state index is 11.5. The van der Waals surface area contributed by atoms with Gasteiger partial charge in [-0.15, -0.1) is 11.3 Å². The molecule has 1 aromatic rings. The maximum Gasteiger partial charge on any atom is 0.139 e. The molecule has 1 rings (SSSR count). The summed E-state index contributed by atoms with van der Waals surface area (Å²) in [4.78, 5) is 12.5. The minimum Gasteiger partial charge on any atom is -0.325 e. The van der Waals surface area contributed by atoms with Gasteiger partial charge in [0.25, 0.3) is 0 Å². The molecule has 0 amide bonds. The van der Waals surface area contributed by atoms with E-state index in [-0.39, 0.29) is 5.78 Å². The number of hydrogen-bond donors (Lipinski definition) is 1. The second-order valence-corrected chi connectivity index (χ2v) is 5.89. The molecule has 14 heavy (non-hydrogen) atoms. The topological polar surface area (TPSA) is 43.1 Å². The van der Waals surface area contributed by atoms with Gasteiger partial charge in [0.05, 0.1) is 4.34 Å². The van der Waals surface area contributed by atoms with Crippen molar-refractivity contribution < 1.29 is 4.79 Å². The van der Waals surface area contributed by atoms with Crippen molar-refractivity contribution in [2.45, 2.75) is 32.2 Å². The van der Waals surface area contributed by atoms with Gasteiger partial charge in [-0.3, -0.25) is 4.79 Å². The Kier molecular flexibility index (Phi) is 3.70. The molecular formula is C10H14ClNOS. The number of nitrogens with two attached hydrogens (primary N) is 1. The third-order valence-electron chi connectivity index (χ3n) is 1.65. The summed E-state index contributed by atoms with van der Waals surface area (Å²) in [5.74, 6) is 0.163. The lowest BCUT2D eigenvalue weighted by Crippen LogP contribution is -2.35. The molecule has 1 heterocycles. The third kappa shape index (κ3) is 4.22. The Hall–Kier alpha value is -0.380. The summed E-state index contributed by atoms with van der Waals surface area (Å²) in [6, 6.07) is 3.69. The summed E-state index contributed by atoms with van der Waals surface area (Å²) in [5, 5.41) is 0. The van der Waals surface area contributed by atoms with E-state index in [2.05, 4.69) is 0 Å². The molecule has 2 nitrogen and oxygen atoms in total. The van der Waals surface area contributed by atoms with Gasteiger partial charge in [0.1, 0.15) is 5.78 Å². The van der Waals surface area contributed by atoms with E-state index in [1.54, 1.807) is 0 Å². The molecule has 0 aliphatic rings. The number of ketones is 1. The van der Waals surface area contributed by atoms with Crippen LogP contribution in [-0.4, -0.2) is 11.3 Å². The lowest BCUT2D eigenvalue weighted by Gasteiger charge is -2.16. The van der Waals surface area contributed by atoms with E-state index >= 15 is 0 Å². The Balaban J connectivity index is 2.50. The minimum atomic E-state index is -0.419. The molecule has 0 aliphatic heterocycles. The normalized spacial score (nSPS) is 11.7. The lowest BCUT2D eigenvalue weighted by atomic mass is 9.97. The smallest absolute Gasteiger partial charge is 0.139 e. The fourth-order valence-corrected chi connectivity index (χ4v) is 2.33. The fourth-order valence-electron chi connectivity index (χ4n) is 1.21. The van der Waals surface area contributed by atoms with Crippen molar-refractivity contribution in [1.82, 2.24) is 0 Å². The number of carbonyl (C=O) groups is 1.